The molecule has 0 unspecified atom stereocenters. The lowest BCUT2D eigenvalue weighted by Crippen LogP contribution is -1.97. The Morgan fingerprint density at radius 3 is 3.00 bits per heavy atom. The lowest BCUT2D eigenvalue weighted by Gasteiger charge is -1.94. The highest BCUT2D eigenvalue weighted by atomic mass is 15.1. The number of rotatable bonds is 1. The van der Waals surface area contributed by atoms with Crippen molar-refractivity contribution in [1.82, 2.24) is 9.55 Å². The molecule has 2 N–H and O–H groups in total. The first-order valence-corrected chi connectivity index (χ1v) is 3.00. The Hall–Kier alpha value is -1.50. The van der Waals surface area contributed by atoms with Crippen LogP contribution >= 0.6 is 0 Å². The van der Waals surface area contributed by atoms with Crippen LogP contribution in [0.2, 0.25) is 0 Å². The zero-order valence-electron chi connectivity index (χ0n) is 5.70. The molecule has 0 spiro atoms. The number of hydrogen-bond donors (Lipinski definition) is 1. The van der Waals surface area contributed by atoms with Crippen molar-refractivity contribution in [2.45, 2.75) is 13.5 Å². The van der Waals surface area contributed by atoms with Gasteiger partial charge in [-0.05, 0) is 6.92 Å². The maximum atomic E-state index is 8.53. The SMILES string of the molecule is CCn1cnc(N)c1C#N. The molecule has 1 heterocycles. The molecule has 4 heteroatoms. The van der Waals surface area contributed by atoms with Crippen LogP contribution in [0.4, 0.5) is 5.82 Å². The van der Waals surface area contributed by atoms with E-state index in [2.05, 4.69) is 4.98 Å². The van der Waals surface area contributed by atoms with Crippen molar-refractivity contribution in [2.24, 2.45) is 0 Å². The maximum Gasteiger partial charge on any atom is 0.164 e. The highest BCUT2D eigenvalue weighted by Gasteiger charge is 2.03. The Labute approximate surface area is 58.9 Å². The number of nitrogen functional groups attached to an aromatic ring is 1. The van der Waals surface area contributed by atoms with E-state index in [9.17, 15) is 0 Å². The lowest BCUT2D eigenvalue weighted by molar-refractivity contribution is 0.751. The summed E-state index contributed by atoms with van der Waals surface area (Å²) in [5.74, 6) is 0.310. The Kier molecular flexibility index (Phi) is 1.59. The van der Waals surface area contributed by atoms with Crippen LogP contribution in [-0.4, -0.2) is 9.55 Å². The van der Waals surface area contributed by atoms with Crippen LogP contribution in [-0.2, 0) is 6.54 Å². The summed E-state index contributed by atoms with van der Waals surface area (Å²) >= 11 is 0. The van der Waals surface area contributed by atoms with Gasteiger partial charge in [-0.25, -0.2) is 4.98 Å². The second kappa shape index (κ2) is 2.40. The number of nitrogens with zero attached hydrogens (tertiary/aromatic N) is 3. The van der Waals surface area contributed by atoms with Crippen molar-refractivity contribution in [3.05, 3.63) is 12.0 Å². The van der Waals surface area contributed by atoms with Crippen molar-refractivity contribution >= 4 is 5.82 Å². The molecule has 0 saturated carbocycles. The zero-order chi connectivity index (χ0) is 7.56. The molecule has 1 aromatic heterocycles. The van der Waals surface area contributed by atoms with Gasteiger partial charge < -0.3 is 10.3 Å². The second-order valence-electron chi connectivity index (χ2n) is 1.88. The molecule has 0 atom stereocenters. The molecule has 0 aliphatic rings. The highest BCUT2D eigenvalue weighted by Crippen LogP contribution is 2.06. The molecule has 0 amide bonds. The summed E-state index contributed by atoms with van der Waals surface area (Å²) in [6.45, 7) is 2.66. The predicted molar refractivity (Wildman–Crippen MR) is 37.0 cm³/mol. The van der Waals surface area contributed by atoms with Crippen molar-refractivity contribution in [3.63, 3.8) is 0 Å². The normalized spacial score (nSPS) is 9.20. The molecule has 0 fully saturated rings. The van der Waals surface area contributed by atoms with E-state index in [0.29, 0.717) is 11.5 Å². The number of aryl methyl sites for hydroxylation is 1. The van der Waals surface area contributed by atoms with Crippen LogP contribution in [0.15, 0.2) is 6.33 Å². The summed E-state index contributed by atoms with van der Waals surface area (Å²) in [5, 5.41) is 8.53. The molecule has 4 nitrogen and oxygen atoms in total. The monoisotopic (exact) mass is 136 g/mol. The average Bonchev–Trinajstić information content (AvgIpc) is 2.30. The van der Waals surface area contributed by atoms with Gasteiger partial charge in [0.2, 0.25) is 0 Å². The molecule has 0 radical (unpaired) electrons. The van der Waals surface area contributed by atoms with E-state index in [0.717, 1.165) is 6.54 Å². The summed E-state index contributed by atoms with van der Waals surface area (Å²) in [4.78, 5) is 3.78. The summed E-state index contributed by atoms with van der Waals surface area (Å²) in [7, 11) is 0. The van der Waals surface area contributed by atoms with Crippen LogP contribution in [0.3, 0.4) is 0 Å². The number of aromatic nitrogens is 2. The molecular formula is C6H8N4. The Morgan fingerprint density at radius 1 is 1.90 bits per heavy atom. The third kappa shape index (κ3) is 0.818. The van der Waals surface area contributed by atoms with Gasteiger partial charge in [0.05, 0.1) is 6.33 Å². The van der Waals surface area contributed by atoms with Gasteiger partial charge in [0.25, 0.3) is 0 Å². The molecule has 52 valence electrons. The molecule has 1 rings (SSSR count). The van der Waals surface area contributed by atoms with Gasteiger partial charge in [-0.1, -0.05) is 0 Å². The third-order valence-electron chi connectivity index (χ3n) is 1.31. The molecule has 0 aliphatic carbocycles. The predicted octanol–water partition coefficient (Wildman–Crippen LogP) is 0.357. The lowest BCUT2D eigenvalue weighted by atomic mass is 10.4. The first kappa shape index (κ1) is 6.62. The number of imidazole rings is 1. The van der Waals surface area contributed by atoms with Crippen LogP contribution < -0.4 is 5.73 Å². The average molecular weight is 136 g/mol. The highest BCUT2D eigenvalue weighted by molar-refractivity contribution is 5.43. The van der Waals surface area contributed by atoms with Gasteiger partial charge >= 0.3 is 0 Å². The summed E-state index contributed by atoms with van der Waals surface area (Å²) < 4.78 is 1.70. The number of nitrogens with two attached hydrogens (primary N) is 1. The fourth-order valence-electron chi connectivity index (χ4n) is 0.759. The van der Waals surface area contributed by atoms with E-state index in [4.69, 9.17) is 11.0 Å². The quantitative estimate of drug-likeness (QED) is 0.606. The van der Waals surface area contributed by atoms with Gasteiger partial charge in [0.1, 0.15) is 6.07 Å². The standard InChI is InChI=1S/C6H8N4/c1-2-10-4-9-6(8)5(10)3-7/h4H,2,8H2,1H3. The number of anilines is 1. The third-order valence-corrected chi connectivity index (χ3v) is 1.31. The minimum absolute atomic E-state index is 0.310. The number of nitriles is 1. The number of hydrogen-bond acceptors (Lipinski definition) is 3. The van der Waals surface area contributed by atoms with Gasteiger partial charge in [0.15, 0.2) is 11.5 Å². The van der Waals surface area contributed by atoms with E-state index in [1.807, 2.05) is 13.0 Å². The first-order chi connectivity index (χ1) is 4.79. The summed E-state index contributed by atoms with van der Waals surface area (Å²) in [6.07, 6.45) is 1.56. The van der Waals surface area contributed by atoms with Crippen LogP contribution in [0.5, 0.6) is 0 Å². The van der Waals surface area contributed by atoms with Crippen LogP contribution in [0, 0.1) is 11.3 Å². The van der Waals surface area contributed by atoms with E-state index < -0.39 is 0 Å². The summed E-state index contributed by atoms with van der Waals surface area (Å²) in [5.41, 5.74) is 5.82. The van der Waals surface area contributed by atoms with Crippen LogP contribution in [0.25, 0.3) is 0 Å². The molecule has 0 saturated heterocycles. The Morgan fingerprint density at radius 2 is 2.60 bits per heavy atom. The van der Waals surface area contributed by atoms with Gasteiger partial charge in [0, 0.05) is 6.54 Å². The topological polar surface area (TPSA) is 67.6 Å². The van der Waals surface area contributed by atoms with Crippen molar-refractivity contribution in [3.8, 4) is 6.07 Å². The van der Waals surface area contributed by atoms with Crippen LogP contribution in [0.1, 0.15) is 12.6 Å². The van der Waals surface area contributed by atoms with Crippen molar-refractivity contribution in [2.75, 3.05) is 5.73 Å². The Bertz CT molecular complexity index is 268. The van der Waals surface area contributed by atoms with Crippen molar-refractivity contribution < 1.29 is 0 Å². The largest absolute Gasteiger partial charge is 0.381 e. The fraction of sp³-hybridized carbons (Fsp3) is 0.333. The smallest absolute Gasteiger partial charge is 0.164 e. The molecule has 0 aromatic carbocycles. The summed E-state index contributed by atoms with van der Waals surface area (Å²) in [6, 6.07) is 1.97. The van der Waals surface area contributed by atoms with E-state index in [1.165, 1.54) is 0 Å². The van der Waals surface area contributed by atoms with Gasteiger partial charge in [-0.3, -0.25) is 0 Å². The molecule has 0 bridgehead atoms. The van der Waals surface area contributed by atoms with Crippen molar-refractivity contribution in [1.29, 1.82) is 5.26 Å². The Balaban J connectivity index is 3.17. The minimum Gasteiger partial charge on any atom is -0.381 e. The second-order valence-corrected chi connectivity index (χ2v) is 1.88. The van der Waals surface area contributed by atoms with Gasteiger partial charge in [-0.15, -0.1) is 0 Å². The molecule has 1 aromatic rings. The van der Waals surface area contributed by atoms with E-state index >= 15 is 0 Å². The minimum atomic E-state index is 0.310. The van der Waals surface area contributed by atoms with Gasteiger partial charge in [-0.2, -0.15) is 5.26 Å². The fourth-order valence-corrected chi connectivity index (χ4v) is 0.759. The maximum absolute atomic E-state index is 8.53. The van der Waals surface area contributed by atoms with E-state index in [-0.39, 0.29) is 0 Å². The molecular weight excluding hydrogens is 128 g/mol. The molecule has 0 aliphatic heterocycles. The molecule has 10 heavy (non-hydrogen) atoms. The first-order valence-electron chi connectivity index (χ1n) is 3.00. The zero-order valence-corrected chi connectivity index (χ0v) is 5.70. The van der Waals surface area contributed by atoms with E-state index in [1.54, 1.807) is 10.9 Å².